The van der Waals surface area contributed by atoms with Crippen molar-refractivity contribution in [2.45, 2.75) is 31.1 Å². The van der Waals surface area contributed by atoms with E-state index in [0.29, 0.717) is 5.92 Å². The first-order valence-electron chi connectivity index (χ1n) is 10.5. The SMILES string of the molecule is C(=CCCCC#Cc1ccccc1)=CC1CC1(c1ccccc1)c1ccccc1. The second-order valence-corrected chi connectivity index (χ2v) is 7.61. The molecule has 1 aliphatic carbocycles. The Hall–Kier alpha value is -3.26. The molecule has 1 unspecified atom stereocenters. The topological polar surface area (TPSA) is 0 Å². The molecule has 3 aromatic rings. The molecule has 29 heavy (non-hydrogen) atoms. The van der Waals surface area contributed by atoms with Crippen LogP contribution in [-0.2, 0) is 5.41 Å². The molecule has 0 bridgehead atoms. The molecule has 0 amide bonds. The van der Waals surface area contributed by atoms with Gasteiger partial charge in [0.15, 0.2) is 0 Å². The van der Waals surface area contributed by atoms with Gasteiger partial charge in [0.05, 0.1) is 0 Å². The average molecular weight is 375 g/mol. The zero-order valence-corrected chi connectivity index (χ0v) is 16.7. The average Bonchev–Trinajstić information content (AvgIpc) is 3.53. The Bertz CT molecular complexity index is 987. The molecule has 1 aliphatic rings. The summed E-state index contributed by atoms with van der Waals surface area (Å²) in [6.07, 6.45) is 8.63. The minimum atomic E-state index is 0.116. The van der Waals surface area contributed by atoms with Gasteiger partial charge in [-0.2, -0.15) is 0 Å². The standard InChI is InChI=1S/C29H26/c1(3-8-16-25-17-9-5-10-18-25)2-4-11-23-28-24-29(28,26-19-12-6-13-20-26)27-21-14-7-15-22-27/h4-7,9-10,12-15,17-23,28H,1-3,24H2. The van der Waals surface area contributed by atoms with Crippen LogP contribution < -0.4 is 0 Å². The van der Waals surface area contributed by atoms with Crippen LogP contribution in [0.1, 0.15) is 42.4 Å². The van der Waals surface area contributed by atoms with Crippen LogP contribution in [-0.4, -0.2) is 0 Å². The highest BCUT2D eigenvalue weighted by atomic mass is 14.6. The number of hydrogen-bond acceptors (Lipinski definition) is 0. The zero-order chi connectivity index (χ0) is 19.8. The summed E-state index contributed by atoms with van der Waals surface area (Å²) in [5, 5.41) is 0. The van der Waals surface area contributed by atoms with Gasteiger partial charge in [-0.1, -0.05) is 90.7 Å². The first-order valence-corrected chi connectivity index (χ1v) is 10.5. The highest BCUT2D eigenvalue weighted by Crippen LogP contribution is 2.59. The van der Waals surface area contributed by atoms with Crippen molar-refractivity contribution >= 4 is 0 Å². The fourth-order valence-electron chi connectivity index (χ4n) is 4.04. The largest absolute Gasteiger partial charge is 0.129 e. The van der Waals surface area contributed by atoms with E-state index < -0.39 is 0 Å². The fraction of sp³-hybridized carbons (Fsp3) is 0.207. The molecule has 0 aromatic heterocycles. The van der Waals surface area contributed by atoms with Crippen LogP contribution in [0.25, 0.3) is 0 Å². The summed E-state index contributed by atoms with van der Waals surface area (Å²) in [6.45, 7) is 0. The molecular weight excluding hydrogens is 348 g/mol. The van der Waals surface area contributed by atoms with Gasteiger partial charge in [0.2, 0.25) is 0 Å². The third-order valence-electron chi connectivity index (χ3n) is 5.66. The predicted octanol–water partition coefficient (Wildman–Crippen LogP) is 6.93. The van der Waals surface area contributed by atoms with Crippen molar-refractivity contribution in [1.82, 2.24) is 0 Å². The van der Waals surface area contributed by atoms with E-state index in [9.17, 15) is 0 Å². The summed E-state index contributed by atoms with van der Waals surface area (Å²) in [6, 6.07) is 32.0. The van der Waals surface area contributed by atoms with E-state index in [2.05, 4.69) is 103 Å². The van der Waals surface area contributed by atoms with E-state index in [4.69, 9.17) is 0 Å². The molecular formula is C29H26. The second kappa shape index (κ2) is 9.29. The lowest BCUT2D eigenvalue weighted by Gasteiger charge is -2.17. The first-order chi connectivity index (χ1) is 14.4. The smallest absolute Gasteiger partial charge is 0.0278 e. The molecule has 142 valence electrons. The van der Waals surface area contributed by atoms with Crippen molar-refractivity contribution in [3.8, 4) is 11.8 Å². The number of rotatable bonds is 6. The maximum Gasteiger partial charge on any atom is 0.0278 e. The summed E-state index contributed by atoms with van der Waals surface area (Å²) in [5.41, 5.74) is 7.48. The van der Waals surface area contributed by atoms with Crippen LogP contribution in [0, 0.1) is 17.8 Å². The molecule has 0 saturated heterocycles. The van der Waals surface area contributed by atoms with E-state index in [1.165, 1.54) is 11.1 Å². The molecule has 0 aliphatic heterocycles. The highest BCUT2D eigenvalue weighted by molar-refractivity contribution is 5.48. The quantitative estimate of drug-likeness (QED) is 0.249. The van der Waals surface area contributed by atoms with Gasteiger partial charge in [0.1, 0.15) is 0 Å². The molecule has 0 spiro atoms. The number of unbranched alkanes of at least 4 members (excludes halogenated alkanes) is 2. The zero-order valence-electron chi connectivity index (χ0n) is 16.7. The van der Waals surface area contributed by atoms with Crippen LogP contribution in [0.5, 0.6) is 0 Å². The van der Waals surface area contributed by atoms with Crippen LogP contribution in [0.4, 0.5) is 0 Å². The minimum Gasteiger partial charge on any atom is -0.129 e. The Morgan fingerprint density at radius 1 is 0.793 bits per heavy atom. The van der Waals surface area contributed by atoms with Crippen molar-refractivity contribution in [3.63, 3.8) is 0 Å². The third-order valence-corrected chi connectivity index (χ3v) is 5.66. The van der Waals surface area contributed by atoms with Gasteiger partial charge < -0.3 is 0 Å². The van der Waals surface area contributed by atoms with E-state index >= 15 is 0 Å². The lowest BCUT2D eigenvalue weighted by molar-refractivity contribution is 0.790. The summed E-state index contributed by atoms with van der Waals surface area (Å²) in [7, 11) is 0. The second-order valence-electron chi connectivity index (χ2n) is 7.61. The molecule has 4 rings (SSSR count). The molecule has 0 radical (unpaired) electrons. The van der Waals surface area contributed by atoms with Crippen LogP contribution >= 0.6 is 0 Å². The molecule has 0 N–H and O–H groups in total. The van der Waals surface area contributed by atoms with Gasteiger partial charge in [0, 0.05) is 17.4 Å². The molecule has 0 nitrogen and oxygen atoms in total. The molecule has 1 atom stereocenters. The van der Waals surface area contributed by atoms with Crippen molar-refractivity contribution in [1.29, 1.82) is 0 Å². The molecule has 0 heteroatoms. The van der Waals surface area contributed by atoms with E-state index in [1.54, 1.807) is 0 Å². The Morgan fingerprint density at radius 2 is 1.38 bits per heavy atom. The van der Waals surface area contributed by atoms with Gasteiger partial charge >= 0.3 is 0 Å². The Balaban J connectivity index is 1.35. The van der Waals surface area contributed by atoms with Crippen LogP contribution in [0.2, 0.25) is 0 Å². The number of hydrogen-bond donors (Lipinski definition) is 0. The normalized spacial score (nSPS) is 16.1. The lowest BCUT2D eigenvalue weighted by Crippen LogP contribution is -2.11. The fourth-order valence-corrected chi connectivity index (χ4v) is 4.04. The van der Waals surface area contributed by atoms with Gasteiger partial charge in [-0.05, 0) is 60.6 Å². The molecule has 3 aromatic carbocycles. The van der Waals surface area contributed by atoms with Gasteiger partial charge in [-0.3, -0.25) is 0 Å². The van der Waals surface area contributed by atoms with Gasteiger partial charge in [0.25, 0.3) is 0 Å². The number of benzene rings is 3. The van der Waals surface area contributed by atoms with Crippen LogP contribution in [0.15, 0.2) is 109 Å². The third kappa shape index (κ3) is 4.60. The summed E-state index contributed by atoms with van der Waals surface area (Å²) >= 11 is 0. The van der Waals surface area contributed by atoms with Crippen molar-refractivity contribution in [2.75, 3.05) is 0 Å². The molecule has 1 saturated carbocycles. The van der Waals surface area contributed by atoms with Crippen molar-refractivity contribution in [3.05, 3.63) is 126 Å². The van der Waals surface area contributed by atoms with E-state index in [1.807, 2.05) is 18.2 Å². The van der Waals surface area contributed by atoms with E-state index in [0.717, 1.165) is 31.2 Å². The Labute approximate surface area is 174 Å². The summed E-state index contributed by atoms with van der Waals surface area (Å²) in [4.78, 5) is 0. The van der Waals surface area contributed by atoms with Crippen LogP contribution in [0.3, 0.4) is 0 Å². The Morgan fingerprint density at radius 3 is 2.00 bits per heavy atom. The molecule has 1 fully saturated rings. The maximum absolute atomic E-state index is 3.45. The van der Waals surface area contributed by atoms with Crippen molar-refractivity contribution < 1.29 is 0 Å². The Kier molecular flexibility index (Phi) is 6.11. The monoisotopic (exact) mass is 374 g/mol. The lowest BCUT2D eigenvalue weighted by atomic mass is 9.86. The minimum absolute atomic E-state index is 0.116. The number of allylic oxidation sites excluding steroid dienone is 1. The predicted molar refractivity (Wildman–Crippen MR) is 122 cm³/mol. The first kappa shape index (κ1) is 19.1. The molecule has 0 heterocycles. The summed E-state index contributed by atoms with van der Waals surface area (Å²) in [5.74, 6) is 7.00. The summed E-state index contributed by atoms with van der Waals surface area (Å²) < 4.78 is 0. The highest BCUT2D eigenvalue weighted by Gasteiger charge is 2.54. The van der Waals surface area contributed by atoms with Crippen molar-refractivity contribution in [2.24, 2.45) is 5.92 Å². The van der Waals surface area contributed by atoms with E-state index in [-0.39, 0.29) is 5.41 Å². The van der Waals surface area contributed by atoms with Gasteiger partial charge in [-0.15, -0.1) is 5.73 Å². The maximum atomic E-state index is 3.45. The van der Waals surface area contributed by atoms with Gasteiger partial charge in [-0.25, -0.2) is 0 Å².